The Kier molecular flexibility index (Phi) is 4.04. The first-order chi connectivity index (χ1) is 14.1. The van der Waals surface area contributed by atoms with Gasteiger partial charge in [0.2, 0.25) is 0 Å². The molecule has 10 nitrogen and oxygen atoms in total. The van der Waals surface area contributed by atoms with Crippen LogP contribution in [-0.2, 0) is 6.54 Å². The zero-order chi connectivity index (χ0) is 20.0. The lowest BCUT2D eigenvalue weighted by molar-refractivity contribution is 0.0965. The molecule has 2 amide bonds. The predicted octanol–water partition coefficient (Wildman–Crippen LogP) is 1.59. The summed E-state index contributed by atoms with van der Waals surface area (Å²) in [7, 11) is 0. The maximum Gasteiger partial charge on any atom is 0.407 e. The number of hydrogen-bond acceptors (Lipinski definition) is 6. The molecule has 1 saturated heterocycles. The Morgan fingerprint density at radius 3 is 2.86 bits per heavy atom. The molecule has 148 valence electrons. The summed E-state index contributed by atoms with van der Waals surface area (Å²) < 4.78 is 1.73. The molecule has 0 spiro atoms. The molecule has 0 radical (unpaired) electrons. The molecule has 0 atom stereocenters. The highest BCUT2D eigenvalue weighted by molar-refractivity contribution is 5.98. The molecule has 29 heavy (non-hydrogen) atoms. The predicted molar refractivity (Wildman–Crippen MR) is 104 cm³/mol. The molecule has 0 saturated carbocycles. The molecule has 1 aromatic carbocycles. The number of anilines is 1. The number of hydrogen-bond donors (Lipinski definition) is 3. The van der Waals surface area contributed by atoms with Crippen molar-refractivity contribution >= 4 is 23.5 Å². The minimum absolute atomic E-state index is 0.0518. The van der Waals surface area contributed by atoms with Gasteiger partial charge in [-0.3, -0.25) is 4.79 Å². The fraction of sp³-hybridized carbons (Fsp3) is 0.316. The van der Waals surface area contributed by atoms with Crippen LogP contribution < -0.4 is 10.6 Å². The Bertz CT molecular complexity index is 1120. The number of likely N-dealkylation sites (tertiary alicyclic amines) is 1. The molecule has 3 aromatic rings. The first-order valence-electron chi connectivity index (χ1n) is 9.45. The Balaban J connectivity index is 1.42. The van der Waals surface area contributed by atoms with Gasteiger partial charge in [-0.05, 0) is 30.5 Å². The Hall–Kier alpha value is -3.69. The van der Waals surface area contributed by atoms with Crippen molar-refractivity contribution in [3.05, 3.63) is 41.9 Å². The van der Waals surface area contributed by atoms with Gasteiger partial charge in [-0.2, -0.15) is 5.10 Å². The van der Waals surface area contributed by atoms with E-state index in [0.29, 0.717) is 49.5 Å². The summed E-state index contributed by atoms with van der Waals surface area (Å²) in [5.41, 5.74) is 3.95. The number of benzene rings is 1. The first-order valence-corrected chi connectivity index (χ1v) is 9.45. The van der Waals surface area contributed by atoms with Gasteiger partial charge in [0.25, 0.3) is 5.91 Å². The highest BCUT2D eigenvalue weighted by Gasteiger charge is 2.24. The Morgan fingerprint density at radius 2 is 2.07 bits per heavy atom. The summed E-state index contributed by atoms with van der Waals surface area (Å²) in [5.74, 6) is 0.571. The molecule has 2 aromatic heterocycles. The second-order valence-corrected chi connectivity index (χ2v) is 7.23. The lowest BCUT2D eigenvalue weighted by Crippen LogP contribution is -2.41. The number of amides is 2. The monoisotopic (exact) mass is 393 g/mol. The van der Waals surface area contributed by atoms with Gasteiger partial charge in [-0.25, -0.2) is 19.3 Å². The van der Waals surface area contributed by atoms with Crippen molar-refractivity contribution in [2.45, 2.75) is 25.4 Å². The van der Waals surface area contributed by atoms with Gasteiger partial charge < -0.3 is 20.6 Å². The number of carboxylic acid groups (broad SMARTS) is 1. The molecule has 0 bridgehead atoms. The van der Waals surface area contributed by atoms with E-state index < -0.39 is 6.09 Å². The molecule has 3 N–H and O–H groups in total. The van der Waals surface area contributed by atoms with E-state index in [1.807, 2.05) is 18.2 Å². The van der Waals surface area contributed by atoms with Crippen LogP contribution in [0.3, 0.4) is 0 Å². The molecule has 0 aliphatic carbocycles. The van der Waals surface area contributed by atoms with Gasteiger partial charge in [0.1, 0.15) is 6.33 Å². The zero-order valence-electron chi connectivity index (χ0n) is 15.5. The van der Waals surface area contributed by atoms with Crippen molar-refractivity contribution in [1.29, 1.82) is 0 Å². The molecule has 10 heteroatoms. The van der Waals surface area contributed by atoms with Crippen molar-refractivity contribution in [3.63, 3.8) is 0 Å². The number of nitrogens with zero attached hydrogens (tertiary/aromatic N) is 5. The molecular weight excluding hydrogens is 374 g/mol. The molecule has 5 rings (SSSR count). The largest absolute Gasteiger partial charge is 0.465 e. The Labute approximate surface area is 165 Å². The molecule has 0 unspecified atom stereocenters. The molecule has 4 heterocycles. The van der Waals surface area contributed by atoms with Crippen LogP contribution in [0.25, 0.3) is 16.9 Å². The number of nitrogens with one attached hydrogen (secondary N) is 2. The van der Waals surface area contributed by atoms with Crippen LogP contribution in [0.4, 0.5) is 10.6 Å². The standard InChI is InChI=1S/C19H19N7O3/c27-18-14-2-1-11(7-12(14)8-21-18)15-9-20-16(17-22-10-23-26(15)17)24-13-3-5-25(6-4-13)19(28)29/h1-2,7,9-10,13H,3-6,8H2,(H,20,24)(H,21,27)(H,28,29). The van der Waals surface area contributed by atoms with Crippen molar-refractivity contribution in [1.82, 2.24) is 29.8 Å². The first kappa shape index (κ1) is 17.4. The molecule has 2 aliphatic rings. The smallest absolute Gasteiger partial charge is 0.407 e. The van der Waals surface area contributed by atoms with Gasteiger partial charge in [-0.1, -0.05) is 6.07 Å². The van der Waals surface area contributed by atoms with Crippen LogP contribution >= 0.6 is 0 Å². The fourth-order valence-corrected chi connectivity index (χ4v) is 3.92. The van der Waals surface area contributed by atoms with Gasteiger partial charge >= 0.3 is 6.09 Å². The molecular formula is C19H19N7O3. The van der Waals surface area contributed by atoms with Gasteiger partial charge in [0, 0.05) is 36.8 Å². The lowest BCUT2D eigenvalue weighted by atomic mass is 10.0. The van der Waals surface area contributed by atoms with Crippen LogP contribution in [0, 0.1) is 0 Å². The van der Waals surface area contributed by atoms with Crippen LogP contribution in [-0.4, -0.2) is 60.7 Å². The number of fused-ring (bicyclic) bond motifs is 2. The molecule has 2 aliphatic heterocycles. The van der Waals surface area contributed by atoms with E-state index in [9.17, 15) is 9.59 Å². The van der Waals surface area contributed by atoms with Crippen LogP contribution in [0.1, 0.15) is 28.8 Å². The van der Waals surface area contributed by atoms with E-state index in [1.165, 1.54) is 11.2 Å². The summed E-state index contributed by atoms with van der Waals surface area (Å²) in [5, 5.41) is 19.6. The summed E-state index contributed by atoms with van der Waals surface area (Å²) in [6, 6.07) is 5.80. The van der Waals surface area contributed by atoms with Crippen molar-refractivity contribution in [2.75, 3.05) is 18.4 Å². The van der Waals surface area contributed by atoms with E-state index >= 15 is 0 Å². The van der Waals surface area contributed by atoms with E-state index in [2.05, 4.69) is 25.7 Å². The highest BCUT2D eigenvalue weighted by atomic mass is 16.4. The number of rotatable bonds is 3. The average molecular weight is 393 g/mol. The molecule has 1 fully saturated rings. The zero-order valence-corrected chi connectivity index (χ0v) is 15.5. The number of carbonyl (C=O) groups excluding carboxylic acids is 1. The van der Waals surface area contributed by atoms with E-state index in [1.54, 1.807) is 10.7 Å². The summed E-state index contributed by atoms with van der Waals surface area (Å²) in [4.78, 5) is 33.2. The number of piperidine rings is 1. The lowest BCUT2D eigenvalue weighted by Gasteiger charge is -2.30. The SMILES string of the molecule is O=C1NCc2cc(-c3cnc(NC4CCN(C(=O)O)CC4)c4ncnn34)ccc21. The number of aromatic nitrogens is 4. The number of carbonyl (C=O) groups is 2. The second kappa shape index (κ2) is 6.73. The third-order valence-electron chi connectivity index (χ3n) is 5.50. The fourth-order valence-electron chi connectivity index (χ4n) is 3.92. The van der Waals surface area contributed by atoms with E-state index in [0.717, 1.165) is 16.8 Å². The Morgan fingerprint density at radius 1 is 1.24 bits per heavy atom. The van der Waals surface area contributed by atoms with Crippen molar-refractivity contribution in [2.24, 2.45) is 0 Å². The maximum absolute atomic E-state index is 11.8. The van der Waals surface area contributed by atoms with Crippen molar-refractivity contribution in [3.8, 4) is 11.3 Å². The van der Waals surface area contributed by atoms with Crippen molar-refractivity contribution < 1.29 is 14.7 Å². The minimum Gasteiger partial charge on any atom is -0.465 e. The summed E-state index contributed by atoms with van der Waals surface area (Å²) in [6.45, 7) is 1.51. The normalized spacial score (nSPS) is 16.7. The topological polar surface area (TPSA) is 125 Å². The van der Waals surface area contributed by atoms with Gasteiger partial charge in [0.15, 0.2) is 11.5 Å². The second-order valence-electron chi connectivity index (χ2n) is 7.23. The highest BCUT2D eigenvalue weighted by Crippen LogP contribution is 2.27. The summed E-state index contributed by atoms with van der Waals surface area (Å²) >= 11 is 0. The third kappa shape index (κ3) is 3.02. The van der Waals surface area contributed by atoms with Crippen LogP contribution in [0.5, 0.6) is 0 Å². The van der Waals surface area contributed by atoms with Crippen LogP contribution in [0.15, 0.2) is 30.7 Å². The minimum atomic E-state index is -0.878. The maximum atomic E-state index is 11.8. The van der Waals surface area contributed by atoms with E-state index in [-0.39, 0.29) is 11.9 Å². The van der Waals surface area contributed by atoms with Gasteiger partial charge in [0.05, 0.1) is 11.9 Å². The third-order valence-corrected chi connectivity index (χ3v) is 5.50. The quantitative estimate of drug-likeness (QED) is 0.617. The van der Waals surface area contributed by atoms with Gasteiger partial charge in [-0.15, -0.1) is 0 Å². The van der Waals surface area contributed by atoms with E-state index in [4.69, 9.17) is 5.11 Å². The van der Waals surface area contributed by atoms with Crippen LogP contribution in [0.2, 0.25) is 0 Å². The average Bonchev–Trinajstić information content (AvgIpc) is 3.36. The summed E-state index contributed by atoms with van der Waals surface area (Å²) in [6.07, 6.45) is 3.76.